The van der Waals surface area contributed by atoms with Gasteiger partial charge in [-0.3, -0.25) is 5.43 Å². The standard InChI is InChI=1S/C12H10IN3O2S/c1-7-6-19-12(15-7)16-14-5-8-2-9(11(17)18)4-10(13)3-8/h2-6H,1H3,(H,15,16)(H,17,18). The third-order valence-electron chi connectivity index (χ3n) is 2.16. The van der Waals surface area contributed by atoms with Crippen LogP contribution in [0.25, 0.3) is 0 Å². The molecule has 0 saturated carbocycles. The molecule has 0 aliphatic carbocycles. The molecule has 19 heavy (non-hydrogen) atoms. The van der Waals surface area contributed by atoms with Gasteiger partial charge in [0.2, 0.25) is 5.13 Å². The van der Waals surface area contributed by atoms with Crippen molar-refractivity contribution in [1.29, 1.82) is 0 Å². The van der Waals surface area contributed by atoms with Crippen LogP contribution in [0.2, 0.25) is 0 Å². The zero-order valence-corrected chi connectivity index (χ0v) is 12.9. The van der Waals surface area contributed by atoms with Crippen LogP contribution < -0.4 is 5.43 Å². The van der Waals surface area contributed by atoms with Crippen LogP contribution in [0.15, 0.2) is 28.7 Å². The van der Waals surface area contributed by atoms with Gasteiger partial charge in [0.25, 0.3) is 0 Å². The monoisotopic (exact) mass is 387 g/mol. The SMILES string of the molecule is Cc1csc(NN=Cc2cc(I)cc(C(=O)O)c2)n1. The van der Waals surface area contributed by atoms with E-state index in [4.69, 9.17) is 5.11 Å². The van der Waals surface area contributed by atoms with Gasteiger partial charge in [-0.1, -0.05) is 0 Å². The van der Waals surface area contributed by atoms with Crippen LogP contribution >= 0.6 is 33.9 Å². The normalized spacial score (nSPS) is 10.8. The molecule has 2 rings (SSSR count). The van der Waals surface area contributed by atoms with Crippen molar-refractivity contribution in [1.82, 2.24) is 4.98 Å². The molecule has 1 heterocycles. The number of carbonyl (C=O) groups is 1. The Morgan fingerprint density at radius 1 is 1.53 bits per heavy atom. The molecule has 2 N–H and O–H groups in total. The van der Waals surface area contributed by atoms with E-state index in [1.807, 2.05) is 18.4 Å². The third kappa shape index (κ3) is 4.00. The number of aromatic carboxylic acids is 1. The first-order valence-corrected chi connectivity index (χ1v) is 7.25. The van der Waals surface area contributed by atoms with Gasteiger partial charge in [0.1, 0.15) is 0 Å². The summed E-state index contributed by atoms with van der Waals surface area (Å²) in [7, 11) is 0. The lowest BCUT2D eigenvalue weighted by Gasteiger charge is -1.99. The number of rotatable bonds is 4. The summed E-state index contributed by atoms with van der Waals surface area (Å²) in [5, 5.41) is 15.6. The number of carboxylic acids is 1. The number of nitrogens with zero attached hydrogens (tertiary/aromatic N) is 2. The minimum Gasteiger partial charge on any atom is -0.478 e. The number of hydrazone groups is 1. The van der Waals surface area contributed by atoms with Crippen LogP contribution in [0, 0.1) is 10.5 Å². The van der Waals surface area contributed by atoms with Gasteiger partial charge in [-0.2, -0.15) is 5.10 Å². The molecular formula is C12H10IN3O2S. The molecule has 0 bridgehead atoms. The first-order valence-electron chi connectivity index (χ1n) is 5.29. The molecular weight excluding hydrogens is 377 g/mol. The molecule has 0 radical (unpaired) electrons. The maximum atomic E-state index is 10.9. The number of aromatic nitrogens is 1. The highest BCUT2D eigenvalue weighted by atomic mass is 127. The largest absolute Gasteiger partial charge is 0.478 e. The number of thiazole rings is 1. The second kappa shape index (κ2) is 6.11. The second-order valence-corrected chi connectivity index (χ2v) is 5.85. The molecule has 98 valence electrons. The molecule has 1 aromatic heterocycles. The first-order chi connectivity index (χ1) is 9.04. The highest BCUT2D eigenvalue weighted by Crippen LogP contribution is 2.14. The lowest BCUT2D eigenvalue weighted by molar-refractivity contribution is 0.0697. The predicted molar refractivity (Wildman–Crippen MR) is 84.2 cm³/mol. The lowest BCUT2D eigenvalue weighted by atomic mass is 10.1. The van der Waals surface area contributed by atoms with Crippen LogP contribution in [-0.2, 0) is 0 Å². The van der Waals surface area contributed by atoms with Crippen molar-refractivity contribution in [2.45, 2.75) is 6.92 Å². The smallest absolute Gasteiger partial charge is 0.335 e. The minimum atomic E-state index is -0.948. The van der Waals surface area contributed by atoms with E-state index in [9.17, 15) is 4.79 Å². The number of benzene rings is 1. The van der Waals surface area contributed by atoms with E-state index in [-0.39, 0.29) is 5.56 Å². The number of hydrogen-bond donors (Lipinski definition) is 2. The molecule has 0 aliphatic rings. The van der Waals surface area contributed by atoms with E-state index in [1.54, 1.807) is 18.3 Å². The number of halogens is 1. The van der Waals surface area contributed by atoms with Crippen LogP contribution in [0.3, 0.4) is 0 Å². The molecule has 7 heteroatoms. The van der Waals surface area contributed by atoms with Crippen LogP contribution in [0.5, 0.6) is 0 Å². The van der Waals surface area contributed by atoms with Gasteiger partial charge in [-0.25, -0.2) is 9.78 Å². The average Bonchev–Trinajstić information content (AvgIpc) is 2.74. The molecule has 5 nitrogen and oxygen atoms in total. The maximum Gasteiger partial charge on any atom is 0.335 e. The fourth-order valence-electron chi connectivity index (χ4n) is 1.38. The molecule has 2 aromatic rings. The summed E-state index contributed by atoms with van der Waals surface area (Å²) in [5.74, 6) is -0.948. The van der Waals surface area contributed by atoms with Gasteiger partial charge >= 0.3 is 5.97 Å². The lowest BCUT2D eigenvalue weighted by Crippen LogP contribution is -1.99. The molecule has 0 fully saturated rings. The Kier molecular flexibility index (Phi) is 4.48. The Morgan fingerprint density at radius 2 is 2.32 bits per heavy atom. The van der Waals surface area contributed by atoms with E-state index in [0.29, 0.717) is 5.13 Å². The fourth-order valence-corrected chi connectivity index (χ4v) is 2.71. The first kappa shape index (κ1) is 13.9. The Balaban J connectivity index is 2.12. The minimum absolute atomic E-state index is 0.249. The summed E-state index contributed by atoms with van der Waals surface area (Å²) in [5.41, 5.74) is 4.72. The van der Waals surface area contributed by atoms with E-state index >= 15 is 0 Å². The summed E-state index contributed by atoms with van der Waals surface area (Å²) >= 11 is 3.54. The average molecular weight is 387 g/mol. The van der Waals surface area contributed by atoms with Crippen molar-refractivity contribution in [2.24, 2.45) is 5.10 Å². The Morgan fingerprint density at radius 3 is 2.95 bits per heavy atom. The second-order valence-electron chi connectivity index (χ2n) is 3.74. The van der Waals surface area contributed by atoms with E-state index in [2.05, 4.69) is 38.1 Å². The van der Waals surface area contributed by atoms with Crippen molar-refractivity contribution >= 4 is 51.2 Å². The number of nitrogens with one attached hydrogen (secondary N) is 1. The fraction of sp³-hybridized carbons (Fsp3) is 0.0833. The van der Waals surface area contributed by atoms with Crippen molar-refractivity contribution in [3.63, 3.8) is 0 Å². The van der Waals surface area contributed by atoms with E-state index < -0.39 is 5.97 Å². The highest BCUT2D eigenvalue weighted by Gasteiger charge is 2.04. The van der Waals surface area contributed by atoms with Gasteiger partial charge in [0.15, 0.2) is 0 Å². The molecule has 1 aromatic carbocycles. The van der Waals surface area contributed by atoms with Crippen LogP contribution in [0.4, 0.5) is 5.13 Å². The Labute approximate surface area is 127 Å². The number of carboxylic acid groups (broad SMARTS) is 1. The van der Waals surface area contributed by atoms with Crippen LogP contribution in [0.1, 0.15) is 21.6 Å². The number of anilines is 1. The van der Waals surface area contributed by atoms with Gasteiger partial charge in [0, 0.05) is 8.95 Å². The summed E-state index contributed by atoms with van der Waals surface area (Å²) in [6.45, 7) is 1.91. The predicted octanol–water partition coefficient (Wildman–Crippen LogP) is 3.20. The zero-order chi connectivity index (χ0) is 13.8. The molecule has 0 atom stereocenters. The molecule has 0 amide bonds. The summed E-state index contributed by atoms with van der Waals surface area (Å²) in [6.07, 6.45) is 1.57. The van der Waals surface area contributed by atoms with Crippen LogP contribution in [-0.4, -0.2) is 22.3 Å². The molecule has 0 spiro atoms. The topological polar surface area (TPSA) is 74.6 Å². The third-order valence-corrected chi connectivity index (χ3v) is 3.65. The number of aryl methyl sites for hydroxylation is 1. The van der Waals surface area contributed by atoms with Gasteiger partial charge < -0.3 is 5.11 Å². The van der Waals surface area contributed by atoms with Gasteiger partial charge in [-0.05, 0) is 53.3 Å². The quantitative estimate of drug-likeness (QED) is 0.480. The van der Waals surface area contributed by atoms with Crippen molar-refractivity contribution < 1.29 is 9.90 Å². The van der Waals surface area contributed by atoms with Crippen molar-refractivity contribution in [3.05, 3.63) is 44.0 Å². The zero-order valence-electron chi connectivity index (χ0n) is 9.92. The van der Waals surface area contributed by atoms with Crippen molar-refractivity contribution in [3.8, 4) is 0 Å². The summed E-state index contributed by atoms with van der Waals surface area (Å²) in [4.78, 5) is 15.1. The summed E-state index contributed by atoms with van der Waals surface area (Å²) in [6, 6.07) is 5.03. The Bertz CT molecular complexity index is 640. The number of hydrogen-bond acceptors (Lipinski definition) is 5. The molecule has 0 aliphatic heterocycles. The van der Waals surface area contributed by atoms with E-state index in [0.717, 1.165) is 14.8 Å². The van der Waals surface area contributed by atoms with Crippen molar-refractivity contribution in [2.75, 3.05) is 5.43 Å². The highest BCUT2D eigenvalue weighted by molar-refractivity contribution is 14.1. The molecule has 0 saturated heterocycles. The van der Waals surface area contributed by atoms with Gasteiger partial charge in [-0.15, -0.1) is 11.3 Å². The Hall–Kier alpha value is -1.48. The van der Waals surface area contributed by atoms with E-state index in [1.165, 1.54) is 11.3 Å². The maximum absolute atomic E-state index is 10.9. The summed E-state index contributed by atoms with van der Waals surface area (Å²) < 4.78 is 0.851. The molecule has 0 unspecified atom stereocenters. The van der Waals surface area contributed by atoms with Gasteiger partial charge in [0.05, 0.1) is 17.5 Å².